The highest BCUT2D eigenvalue weighted by molar-refractivity contribution is 5.00. The molecule has 7 atom stereocenters. The summed E-state index contributed by atoms with van der Waals surface area (Å²) in [6, 6.07) is 0. The molecule has 0 radical (unpaired) electrons. The van der Waals surface area contributed by atoms with E-state index in [0.29, 0.717) is 6.10 Å². The standard InChI is InChI=1S/C24H42O2/c1-3-22(26-23-15-9-8-14-21(23)25)24-19-12-6-4-10-17(19)16(2)18-11-5-7-13-20(18)24/h16-25H,3-15H2,1-2H3. The lowest BCUT2D eigenvalue weighted by atomic mass is 9.50. The van der Waals surface area contributed by atoms with Crippen molar-refractivity contribution in [2.45, 2.75) is 116 Å². The summed E-state index contributed by atoms with van der Waals surface area (Å²) in [5.41, 5.74) is 0. The first-order valence-electron chi connectivity index (χ1n) is 12.0. The Morgan fingerprint density at radius 3 is 1.81 bits per heavy atom. The fourth-order valence-electron chi connectivity index (χ4n) is 7.74. The van der Waals surface area contributed by atoms with Crippen molar-refractivity contribution < 1.29 is 9.84 Å². The third kappa shape index (κ3) is 3.62. The third-order valence-electron chi connectivity index (χ3n) is 8.94. The molecule has 0 spiro atoms. The van der Waals surface area contributed by atoms with E-state index in [1.54, 1.807) is 0 Å². The van der Waals surface area contributed by atoms with Crippen LogP contribution >= 0.6 is 0 Å². The van der Waals surface area contributed by atoms with Gasteiger partial charge in [0.05, 0.1) is 18.3 Å². The van der Waals surface area contributed by atoms with Crippen molar-refractivity contribution in [2.75, 3.05) is 0 Å². The number of rotatable bonds is 4. The fourth-order valence-corrected chi connectivity index (χ4v) is 7.74. The molecule has 4 aliphatic rings. The number of hydrogen-bond donors (Lipinski definition) is 1. The number of aliphatic hydroxyl groups is 1. The number of ether oxygens (including phenoxy) is 1. The van der Waals surface area contributed by atoms with Gasteiger partial charge in [0.2, 0.25) is 0 Å². The van der Waals surface area contributed by atoms with Gasteiger partial charge in [-0.2, -0.15) is 0 Å². The molecule has 0 saturated heterocycles. The van der Waals surface area contributed by atoms with Crippen LogP contribution in [-0.4, -0.2) is 23.4 Å². The van der Waals surface area contributed by atoms with Gasteiger partial charge >= 0.3 is 0 Å². The van der Waals surface area contributed by atoms with Crippen molar-refractivity contribution >= 4 is 0 Å². The second-order valence-electron chi connectivity index (χ2n) is 10.1. The average molecular weight is 363 g/mol. The van der Waals surface area contributed by atoms with Crippen LogP contribution in [0, 0.1) is 35.5 Å². The van der Waals surface area contributed by atoms with Gasteiger partial charge in [0.25, 0.3) is 0 Å². The topological polar surface area (TPSA) is 29.5 Å². The summed E-state index contributed by atoms with van der Waals surface area (Å²) in [5, 5.41) is 10.5. The van der Waals surface area contributed by atoms with Gasteiger partial charge in [-0.3, -0.25) is 0 Å². The summed E-state index contributed by atoms with van der Waals surface area (Å²) in [7, 11) is 0. The van der Waals surface area contributed by atoms with E-state index < -0.39 is 0 Å². The maximum Gasteiger partial charge on any atom is 0.0837 e. The number of hydrogen-bond acceptors (Lipinski definition) is 2. The lowest BCUT2D eigenvalue weighted by Crippen LogP contribution is -2.53. The highest BCUT2D eigenvalue weighted by atomic mass is 16.5. The molecule has 2 heteroatoms. The maximum absolute atomic E-state index is 10.5. The molecule has 4 fully saturated rings. The first-order valence-corrected chi connectivity index (χ1v) is 12.0. The first kappa shape index (κ1) is 19.2. The Bertz CT molecular complexity index is 425. The first-order chi connectivity index (χ1) is 12.7. The van der Waals surface area contributed by atoms with Crippen LogP contribution in [0.5, 0.6) is 0 Å². The highest BCUT2D eigenvalue weighted by Gasteiger charge is 2.52. The second kappa shape index (κ2) is 8.52. The molecule has 7 unspecified atom stereocenters. The minimum atomic E-state index is -0.218. The van der Waals surface area contributed by atoms with Crippen LogP contribution in [0.15, 0.2) is 0 Å². The Hall–Kier alpha value is -0.0800. The summed E-state index contributed by atoms with van der Waals surface area (Å²) in [6.45, 7) is 4.93. The van der Waals surface area contributed by atoms with Crippen molar-refractivity contribution in [1.29, 1.82) is 0 Å². The highest BCUT2D eigenvalue weighted by Crippen LogP contribution is 2.57. The van der Waals surface area contributed by atoms with Gasteiger partial charge < -0.3 is 9.84 Å². The Kier molecular flexibility index (Phi) is 6.30. The summed E-state index contributed by atoms with van der Waals surface area (Å²) in [5.74, 6) is 5.37. The summed E-state index contributed by atoms with van der Waals surface area (Å²) in [6.07, 6.45) is 17.4. The Morgan fingerprint density at radius 2 is 1.27 bits per heavy atom. The molecule has 26 heavy (non-hydrogen) atoms. The van der Waals surface area contributed by atoms with Gasteiger partial charge in [0.1, 0.15) is 0 Å². The monoisotopic (exact) mass is 362 g/mol. The number of aliphatic hydroxyl groups excluding tert-OH is 1. The molecule has 2 nitrogen and oxygen atoms in total. The van der Waals surface area contributed by atoms with Crippen molar-refractivity contribution in [2.24, 2.45) is 35.5 Å². The van der Waals surface area contributed by atoms with Crippen molar-refractivity contribution in [3.63, 3.8) is 0 Å². The van der Waals surface area contributed by atoms with E-state index >= 15 is 0 Å². The van der Waals surface area contributed by atoms with Crippen molar-refractivity contribution in [3.8, 4) is 0 Å². The van der Waals surface area contributed by atoms with E-state index in [1.165, 1.54) is 64.2 Å². The number of fused-ring (bicyclic) bond motifs is 2. The third-order valence-corrected chi connectivity index (χ3v) is 8.94. The van der Waals surface area contributed by atoms with Crippen LogP contribution in [0.1, 0.15) is 97.3 Å². The van der Waals surface area contributed by atoms with Gasteiger partial charge in [0.15, 0.2) is 0 Å². The minimum Gasteiger partial charge on any atom is -0.390 e. The zero-order valence-electron chi connectivity index (χ0n) is 17.2. The quantitative estimate of drug-likeness (QED) is 0.668. The van der Waals surface area contributed by atoms with E-state index in [9.17, 15) is 5.11 Å². The lowest BCUT2D eigenvalue weighted by molar-refractivity contribution is -0.164. The molecule has 4 rings (SSSR count). The molecule has 4 saturated carbocycles. The van der Waals surface area contributed by atoms with E-state index in [4.69, 9.17) is 4.74 Å². The molecule has 0 bridgehead atoms. The molecule has 0 aromatic heterocycles. The molecule has 0 aromatic rings. The van der Waals surface area contributed by atoms with Crippen LogP contribution in [0.25, 0.3) is 0 Å². The van der Waals surface area contributed by atoms with Gasteiger partial charge in [0, 0.05) is 0 Å². The van der Waals surface area contributed by atoms with E-state index in [0.717, 1.165) is 54.8 Å². The largest absolute Gasteiger partial charge is 0.390 e. The Morgan fingerprint density at radius 1 is 0.769 bits per heavy atom. The predicted octanol–water partition coefficient (Wildman–Crippen LogP) is 5.96. The van der Waals surface area contributed by atoms with Crippen LogP contribution in [0.3, 0.4) is 0 Å². The molecular formula is C24H42O2. The second-order valence-corrected chi connectivity index (χ2v) is 10.1. The average Bonchev–Trinajstić information content (AvgIpc) is 2.69. The molecule has 0 heterocycles. The predicted molar refractivity (Wildman–Crippen MR) is 107 cm³/mol. The summed E-state index contributed by atoms with van der Waals surface area (Å²) in [4.78, 5) is 0. The summed E-state index contributed by atoms with van der Waals surface area (Å²) >= 11 is 0. The van der Waals surface area contributed by atoms with Crippen LogP contribution in [0.4, 0.5) is 0 Å². The molecular weight excluding hydrogens is 320 g/mol. The molecule has 1 N–H and O–H groups in total. The molecule has 4 aliphatic carbocycles. The Balaban J connectivity index is 1.57. The maximum atomic E-state index is 10.5. The van der Waals surface area contributed by atoms with E-state index in [2.05, 4.69) is 13.8 Å². The van der Waals surface area contributed by atoms with E-state index in [1.807, 2.05) is 0 Å². The lowest BCUT2D eigenvalue weighted by Gasteiger charge is -2.57. The zero-order valence-corrected chi connectivity index (χ0v) is 17.2. The van der Waals surface area contributed by atoms with Crippen LogP contribution in [0.2, 0.25) is 0 Å². The zero-order chi connectivity index (χ0) is 18.1. The minimum absolute atomic E-state index is 0.108. The summed E-state index contributed by atoms with van der Waals surface area (Å²) < 4.78 is 6.78. The van der Waals surface area contributed by atoms with Gasteiger partial charge in [-0.05, 0) is 80.5 Å². The van der Waals surface area contributed by atoms with Crippen molar-refractivity contribution in [1.82, 2.24) is 0 Å². The normalized spacial score (nSPS) is 47.7. The van der Waals surface area contributed by atoms with Gasteiger partial charge in [-0.25, -0.2) is 0 Å². The molecule has 150 valence electrons. The Labute approximate surface area is 161 Å². The molecule has 0 amide bonds. The fraction of sp³-hybridized carbons (Fsp3) is 1.00. The SMILES string of the molecule is CCC(OC1CCCCC1O)C1C2CCCCC2C(C)C2CCCCC21. The van der Waals surface area contributed by atoms with E-state index in [-0.39, 0.29) is 12.2 Å². The molecule has 0 aromatic carbocycles. The van der Waals surface area contributed by atoms with Gasteiger partial charge in [-0.15, -0.1) is 0 Å². The van der Waals surface area contributed by atoms with Gasteiger partial charge in [-0.1, -0.05) is 52.4 Å². The van der Waals surface area contributed by atoms with Crippen LogP contribution < -0.4 is 0 Å². The van der Waals surface area contributed by atoms with Crippen molar-refractivity contribution in [3.05, 3.63) is 0 Å². The smallest absolute Gasteiger partial charge is 0.0837 e. The van der Waals surface area contributed by atoms with Crippen LogP contribution in [-0.2, 0) is 4.74 Å². The molecule has 0 aliphatic heterocycles.